The Balaban J connectivity index is 3.24. The summed E-state index contributed by atoms with van der Waals surface area (Å²) in [5.41, 5.74) is 0.614. The average molecular weight is 280 g/mol. The minimum absolute atomic E-state index is 0.149. The summed E-state index contributed by atoms with van der Waals surface area (Å²) in [6.45, 7) is 10.7. The topological polar surface area (TPSA) is 72.3 Å². The molecule has 0 saturated carbocycles. The molecule has 5 heteroatoms. The van der Waals surface area contributed by atoms with E-state index < -0.39 is 5.97 Å². The number of hydrogen-bond donors (Lipinski definition) is 1. The van der Waals surface area contributed by atoms with Crippen molar-refractivity contribution in [2.75, 3.05) is 6.61 Å². The summed E-state index contributed by atoms with van der Waals surface area (Å²) in [5, 5.41) is 9.17. The van der Waals surface area contributed by atoms with Gasteiger partial charge in [-0.05, 0) is 18.8 Å². The minimum Gasteiger partial charge on any atom is -0.478 e. The number of rotatable bonds is 6. The highest BCUT2D eigenvalue weighted by molar-refractivity contribution is 5.88. The van der Waals surface area contributed by atoms with Gasteiger partial charge in [-0.1, -0.05) is 34.1 Å². The smallest absolute Gasteiger partial charge is 0.339 e. The Morgan fingerprint density at radius 1 is 1.40 bits per heavy atom. The van der Waals surface area contributed by atoms with Crippen LogP contribution in [0.1, 0.15) is 69.0 Å². The highest BCUT2D eigenvalue weighted by Crippen LogP contribution is 2.34. The van der Waals surface area contributed by atoms with E-state index >= 15 is 0 Å². The monoisotopic (exact) mass is 280 g/mol. The molecule has 1 heterocycles. The molecule has 0 aliphatic carbocycles. The molecular weight excluding hydrogens is 256 g/mol. The Hall–Kier alpha value is -1.49. The second-order valence-electron chi connectivity index (χ2n) is 5.85. The highest BCUT2D eigenvalue weighted by Gasteiger charge is 2.30. The van der Waals surface area contributed by atoms with Gasteiger partial charge >= 0.3 is 5.97 Å². The molecule has 1 atom stereocenters. The first-order valence-corrected chi connectivity index (χ1v) is 7.01. The summed E-state index contributed by atoms with van der Waals surface area (Å²) in [6.07, 6.45) is 2.62. The molecule has 5 nitrogen and oxygen atoms in total. The van der Waals surface area contributed by atoms with Crippen LogP contribution in [0.4, 0.5) is 0 Å². The Morgan fingerprint density at radius 3 is 2.50 bits per heavy atom. The van der Waals surface area contributed by atoms with Gasteiger partial charge < -0.3 is 9.84 Å². The fraction of sp³-hybridized carbons (Fsp3) is 0.667. The molecule has 0 bridgehead atoms. The standard InChI is InChI=1S/C15H24N2O3/c1-6-8-11-10(14(18)19)9-16-13(17-11)12(20-7-2)15(3,4)5/h9,12H,6-8H2,1-5H3,(H,18,19). The van der Waals surface area contributed by atoms with E-state index in [0.717, 1.165) is 6.42 Å². The molecule has 0 aromatic carbocycles. The number of aromatic nitrogens is 2. The van der Waals surface area contributed by atoms with Crippen LogP contribution in [0.3, 0.4) is 0 Å². The van der Waals surface area contributed by atoms with Crippen LogP contribution in [0.25, 0.3) is 0 Å². The van der Waals surface area contributed by atoms with Gasteiger partial charge in [0, 0.05) is 12.8 Å². The van der Waals surface area contributed by atoms with Crippen LogP contribution in [0.15, 0.2) is 6.20 Å². The Bertz CT molecular complexity index is 467. The Labute approximate surface area is 120 Å². The number of aromatic carboxylic acids is 1. The van der Waals surface area contributed by atoms with Crippen molar-refractivity contribution < 1.29 is 14.6 Å². The van der Waals surface area contributed by atoms with Gasteiger partial charge in [0.2, 0.25) is 0 Å². The first-order valence-electron chi connectivity index (χ1n) is 7.01. The lowest BCUT2D eigenvalue weighted by molar-refractivity contribution is -0.0193. The van der Waals surface area contributed by atoms with Gasteiger partial charge in [0.15, 0.2) is 5.82 Å². The lowest BCUT2D eigenvalue weighted by atomic mass is 9.88. The molecule has 0 saturated heterocycles. The predicted octanol–water partition coefficient (Wildman–Crippen LogP) is 3.25. The Morgan fingerprint density at radius 2 is 2.05 bits per heavy atom. The van der Waals surface area contributed by atoms with Crippen molar-refractivity contribution in [3.8, 4) is 0 Å². The molecule has 112 valence electrons. The van der Waals surface area contributed by atoms with Crippen LogP contribution in [0, 0.1) is 5.41 Å². The summed E-state index contributed by atoms with van der Waals surface area (Å²) in [5.74, 6) is -0.420. The van der Waals surface area contributed by atoms with E-state index in [1.54, 1.807) is 0 Å². The predicted molar refractivity (Wildman–Crippen MR) is 76.8 cm³/mol. The van der Waals surface area contributed by atoms with Crippen molar-refractivity contribution in [3.05, 3.63) is 23.3 Å². The van der Waals surface area contributed by atoms with E-state index in [1.165, 1.54) is 6.20 Å². The number of carboxylic acids is 1. The van der Waals surface area contributed by atoms with Crippen LogP contribution in [0.5, 0.6) is 0 Å². The molecule has 1 unspecified atom stereocenters. The first kappa shape index (κ1) is 16.6. The van der Waals surface area contributed by atoms with Gasteiger partial charge in [-0.3, -0.25) is 0 Å². The fourth-order valence-electron chi connectivity index (χ4n) is 2.04. The van der Waals surface area contributed by atoms with Crippen molar-refractivity contribution in [3.63, 3.8) is 0 Å². The maximum Gasteiger partial charge on any atom is 0.339 e. The molecule has 1 aromatic heterocycles. The van der Waals surface area contributed by atoms with E-state index in [2.05, 4.69) is 30.7 Å². The van der Waals surface area contributed by atoms with Gasteiger partial charge in [0.05, 0.1) is 11.3 Å². The molecule has 1 aromatic rings. The molecular formula is C15H24N2O3. The number of carboxylic acid groups (broad SMARTS) is 1. The van der Waals surface area contributed by atoms with Crippen molar-refractivity contribution in [2.24, 2.45) is 5.41 Å². The van der Waals surface area contributed by atoms with Gasteiger partial charge in [-0.2, -0.15) is 0 Å². The zero-order valence-electron chi connectivity index (χ0n) is 12.9. The van der Waals surface area contributed by atoms with Crippen LogP contribution in [-0.2, 0) is 11.2 Å². The molecule has 0 aliphatic rings. The lowest BCUT2D eigenvalue weighted by Gasteiger charge is -2.29. The first-order chi connectivity index (χ1) is 9.31. The van der Waals surface area contributed by atoms with Crippen molar-refractivity contribution in [1.29, 1.82) is 0 Å². The maximum atomic E-state index is 11.2. The zero-order valence-corrected chi connectivity index (χ0v) is 12.9. The van der Waals surface area contributed by atoms with Crippen LogP contribution < -0.4 is 0 Å². The summed E-state index contributed by atoms with van der Waals surface area (Å²) in [4.78, 5) is 19.9. The molecule has 0 radical (unpaired) electrons. The number of hydrogen-bond acceptors (Lipinski definition) is 4. The van der Waals surface area contributed by atoms with Crippen LogP contribution >= 0.6 is 0 Å². The van der Waals surface area contributed by atoms with Crippen LogP contribution in [-0.4, -0.2) is 27.7 Å². The number of aryl methyl sites for hydroxylation is 1. The molecule has 20 heavy (non-hydrogen) atoms. The molecule has 0 spiro atoms. The molecule has 1 rings (SSSR count). The normalized spacial score (nSPS) is 13.2. The number of nitrogens with zero attached hydrogens (tertiary/aromatic N) is 2. The van der Waals surface area contributed by atoms with E-state index in [0.29, 0.717) is 24.5 Å². The van der Waals surface area contributed by atoms with Gasteiger partial charge in [0.1, 0.15) is 6.10 Å². The summed E-state index contributed by atoms with van der Waals surface area (Å²) in [7, 11) is 0. The SMILES string of the molecule is CCCc1nc(C(OCC)C(C)(C)C)ncc1C(=O)O. The summed E-state index contributed by atoms with van der Waals surface area (Å²) < 4.78 is 5.75. The number of carbonyl (C=O) groups is 1. The summed E-state index contributed by atoms with van der Waals surface area (Å²) in [6, 6.07) is 0. The fourth-order valence-corrected chi connectivity index (χ4v) is 2.04. The van der Waals surface area contributed by atoms with E-state index in [1.807, 2.05) is 13.8 Å². The van der Waals surface area contributed by atoms with E-state index in [-0.39, 0.29) is 17.1 Å². The van der Waals surface area contributed by atoms with Crippen molar-refractivity contribution >= 4 is 5.97 Å². The minimum atomic E-state index is -0.983. The van der Waals surface area contributed by atoms with E-state index in [9.17, 15) is 9.90 Å². The molecule has 0 amide bonds. The average Bonchev–Trinajstić information content (AvgIpc) is 2.34. The third kappa shape index (κ3) is 4.00. The lowest BCUT2D eigenvalue weighted by Crippen LogP contribution is -2.24. The highest BCUT2D eigenvalue weighted by atomic mass is 16.5. The largest absolute Gasteiger partial charge is 0.478 e. The van der Waals surface area contributed by atoms with Crippen molar-refractivity contribution in [1.82, 2.24) is 9.97 Å². The second-order valence-corrected chi connectivity index (χ2v) is 5.85. The van der Waals surface area contributed by atoms with Gasteiger partial charge in [-0.15, -0.1) is 0 Å². The molecule has 1 N–H and O–H groups in total. The molecule has 0 fully saturated rings. The van der Waals surface area contributed by atoms with Crippen LogP contribution in [0.2, 0.25) is 0 Å². The third-order valence-electron chi connectivity index (χ3n) is 2.96. The third-order valence-corrected chi connectivity index (χ3v) is 2.96. The number of ether oxygens (including phenoxy) is 1. The quantitative estimate of drug-likeness (QED) is 0.866. The molecule has 0 aliphatic heterocycles. The van der Waals surface area contributed by atoms with Gasteiger partial charge in [-0.25, -0.2) is 14.8 Å². The van der Waals surface area contributed by atoms with E-state index in [4.69, 9.17) is 4.74 Å². The summed E-state index contributed by atoms with van der Waals surface area (Å²) >= 11 is 0. The Kier molecular flexibility index (Phi) is 5.62. The van der Waals surface area contributed by atoms with Gasteiger partial charge in [0.25, 0.3) is 0 Å². The second kappa shape index (κ2) is 6.79. The maximum absolute atomic E-state index is 11.2. The zero-order chi connectivity index (χ0) is 15.3. The van der Waals surface area contributed by atoms with Crippen molar-refractivity contribution in [2.45, 2.75) is 53.6 Å².